The highest BCUT2D eigenvalue weighted by molar-refractivity contribution is 9.13. The number of hydrogen-bond donors (Lipinski definition) is 2. The lowest BCUT2D eigenvalue weighted by molar-refractivity contribution is -0.137. The number of rotatable bonds is 6. The van der Waals surface area contributed by atoms with Gasteiger partial charge in [-0.15, -0.1) is 0 Å². The minimum absolute atomic E-state index is 0.127. The standard InChI is InChI=1S/C10H11Br2FN2O2/c11-6-5-7(13)10(15-9(6)12)14-4-2-1-3-8(16)17/h5H,1-4H2,(H,14,15)(H,16,17). The van der Waals surface area contributed by atoms with Crippen LogP contribution in [0.3, 0.4) is 0 Å². The molecule has 1 aromatic rings. The van der Waals surface area contributed by atoms with Gasteiger partial charge in [0.1, 0.15) is 4.60 Å². The number of aromatic nitrogens is 1. The Kier molecular flexibility index (Phi) is 5.84. The highest BCUT2D eigenvalue weighted by Crippen LogP contribution is 2.25. The fourth-order valence-electron chi connectivity index (χ4n) is 1.18. The van der Waals surface area contributed by atoms with Gasteiger partial charge in [-0.3, -0.25) is 4.79 Å². The molecule has 17 heavy (non-hydrogen) atoms. The van der Waals surface area contributed by atoms with E-state index >= 15 is 0 Å². The van der Waals surface area contributed by atoms with Gasteiger partial charge in [0.2, 0.25) is 0 Å². The minimum atomic E-state index is -0.819. The molecule has 94 valence electrons. The molecule has 2 N–H and O–H groups in total. The SMILES string of the molecule is O=C(O)CCCCNc1nc(Br)c(Br)cc1F. The van der Waals surface area contributed by atoms with E-state index in [0.717, 1.165) is 0 Å². The average Bonchev–Trinajstić information content (AvgIpc) is 2.24. The summed E-state index contributed by atoms with van der Waals surface area (Å²) in [6, 6.07) is 1.32. The monoisotopic (exact) mass is 368 g/mol. The Morgan fingerprint density at radius 2 is 2.18 bits per heavy atom. The largest absolute Gasteiger partial charge is 0.481 e. The molecule has 0 aliphatic rings. The van der Waals surface area contributed by atoms with Gasteiger partial charge in [-0.05, 0) is 50.8 Å². The maximum atomic E-state index is 13.4. The minimum Gasteiger partial charge on any atom is -0.481 e. The molecule has 1 heterocycles. The molecule has 0 aliphatic carbocycles. The van der Waals surface area contributed by atoms with E-state index in [0.29, 0.717) is 28.5 Å². The highest BCUT2D eigenvalue weighted by Gasteiger charge is 2.07. The molecule has 1 rings (SSSR count). The summed E-state index contributed by atoms with van der Waals surface area (Å²) in [6.45, 7) is 0.491. The van der Waals surface area contributed by atoms with Crippen molar-refractivity contribution >= 4 is 43.6 Å². The molecule has 0 saturated heterocycles. The Hall–Kier alpha value is -0.690. The van der Waals surface area contributed by atoms with Gasteiger partial charge in [0.25, 0.3) is 0 Å². The number of anilines is 1. The van der Waals surface area contributed by atoms with Crippen molar-refractivity contribution in [3.05, 3.63) is 21.0 Å². The zero-order chi connectivity index (χ0) is 12.8. The summed E-state index contributed by atoms with van der Waals surface area (Å²) in [5.41, 5.74) is 0. The maximum absolute atomic E-state index is 13.4. The highest BCUT2D eigenvalue weighted by atomic mass is 79.9. The number of nitrogens with one attached hydrogen (secondary N) is 1. The first-order chi connectivity index (χ1) is 8.00. The summed E-state index contributed by atoms with van der Waals surface area (Å²) >= 11 is 6.33. The number of carboxylic acid groups (broad SMARTS) is 1. The topological polar surface area (TPSA) is 62.2 Å². The van der Waals surface area contributed by atoms with E-state index in [1.807, 2.05) is 0 Å². The Morgan fingerprint density at radius 3 is 2.82 bits per heavy atom. The van der Waals surface area contributed by atoms with E-state index in [4.69, 9.17) is 5.11 Å². The quantitative estimate of drug-likeness (QED) is 0.595. The van der Waals surface area contributed by atoms with Gasteiger partial charge in [-0.25, -0.2) is 9.37 Å². The van der Waals surface area contributed by atoms with E-state index in [2.05, 4.69) is 42.2 Å². The molecule has 0 saturated carbocycles. The maximum Gasteiger partial charge on any atom is 0.303 e. The van der Waals surface area contributed by atoms with Crippen LogP contribution in [0.1, 0.15) is 19.3 Å². The number of pyridine rings is 1. The molecule has 0 unspecified atom stereocenters. The lowest BCUT2D eigenvalue weighted by Gasteiger charge is -2.07. The fourth-order valence-corrected chi connectivity index (χ4v) is 1.76. The molecule has 4 nitrogen and oxygen atoms in total. The smallest absolute Gasteiger partial charge is 0.303 e. The number of halogens is 3. The van der Waals surface area contributed by atoms with Crippen LogP contribution in [0.25, 0.3) is 0 Å². The van der Waals surface area contributed by atoms with Gasteiger partial charge in [0.05, 0.1) is 4.47 Å². The van der Waals surface area contributed by atoms with Crippen LogP contribution < -0.4 is 5.32 Å². The number of carboxylic acids is 1. The molecular weight excluding hydrogens is 359 g/mol. The van der Waals surface area contributed by atoms with Gasteiger partial charge >= 0.3 is 5.97 Å². The Morgan fingerprint density at radius 1 is 1.47 bits per heavy atom. The molecule has 0 aromatic carbocycles. The molecule has 0 bridgehead atoms. The molecule has 0 amide bonds. The summed E-state index contributed by atoms with van der Waals surface area (Å²) in [5, 5.41) is 11.3. The summed E-state index contributed by atoms with van der Waals surface area (Å²) in [5.74, 6) is -1.10. The van der Waals surface area contributed by atoms with Crippen LogP contribution >= 0.6 is 31.9 Å². The van der Waals surface area contributed by atoms with E-state index < -0.39 is 11.8 Å². The van der Waals surface area contributed by atoms with Gasteiger partial charge in [0.15, 0.2) is 11.6 Å². The van der Waals surface area contributed by atoms with E-state index in [9.17, 15) is 9.18 Å². The van der Waals surface area contributed by atoms with Gasteiger partial charge in [-0.1, -0.05) is 0 Å². The lowest BCUT2D eigenvalue weighted by atomic mass is 10.2. The summed E-state index contributed by atoms with van der Waals surface area (Å²) < 4.78 is 14.5. The Balaban J connectivity index is 2.41. The van der Waals surface area contributed by atoms with Crippen LogP contribution in [0.4, 0.5) is 10.2 Å². The first-order valence-electron chi connectivity index (χ1n) is 4.98. The predicted molar refractivity (Wildman–Crippen MR) is 69.6 cm³/mol. The van der Waals surface area contributed by atoms with Crippen molar-refractivity contribution in [2.24, 2.45) is 0 Å². The van der Waals surface area contributed by atoms with Crippen LogP contribution in [0.15, 0.2) is 15.1 Å². The second-order valence-corrected chi connectivity index (χ2v) is 4.97. The molecule has 7 heteroatoms. The van der Waals surface area contributed by atoms with E-state index in [1.165, 1.54) is 6.07 Å². The molecule has 0 aliphatic heterocycles. The van der Waals surface area contributed by atoms with Crippen LogP contribution in [0.5, 0.6) is 0 Å². The van der Waals surface area contributed by atoms with Gasteiger partial charge in [-0.2, -0.15) is 0 Å². The van der Waals surface area contributed by atoms with Crippen LogP contribution in [0.2, 0.25) is 0 Å². The fraction of sp³-hybridized carbons (Fsp3) is 0.400. The number of hydrogen-bond acceptors (Lipinski definition) is 3. The van der Waals surface area contributed by atoms with Crippen molar-refractivity contribution in [1.82, 2.24) is 4.98 Å². The summed E-state index contributed by atoms with van der Waals surface area (Å²) in [4.78, 5) is 14.2. The molecule has 1 aromatic heterocycles. The van der Waals surface area contributed by atoms with Crippen LogP contribution in [-0.4, -0.2) is 22.6 Å². The van der Waals surface area contributed by atoms with Crippen LogP contribution in [-0.2, 0) is 4.79 Å². The third kappa shape index (κ3) is 4.99. The van der Waals surface area contributed by atoms with Crippen molar-refractivity contribution in [2.45, 2.75) is 19.3 Å². The molecule has 0 fully saturated rings. The molecule has 0 radical (unpaired) electrons. The van der Waals surface area contributed by atoms with Crippen molar-refractivity contribution in [1.29, 1.82) is 0 Å². The third-order valence-electron chi connectivity index (χ3n) is 2.00. The van der Waals surface area contributed by atoms with Crippen molar-refractivity contribution in [2.75, 3.05) is 11.9 Å². The first kappa shape index (κ1) is 14.4. The molecule has 0 spiro atoms. The van der Waals surface area contributed by atoms with E-state index in [-0.39, 0.29) is 12.2 Å². The Bertz CT molecular complexity index is 416. The molecular formula is C10H11Br2FN2O2. The zero-order valence-electron chi connectivity index (χ0n) is 8.84. The van der Waals surface area contributed by atoms with Gasteiger partial charge < -0.3 is 10.4 Å². The van der Waals surface area contributed by atoms with Crippen molar-refractivity contribution < 1.29 is 14.3 Å². The summed E-state index contributed by atoms with van der Waals surface area (Å²) in [7, 11) is 0. The van der Waals surface area contributed by atoms with Crippen LogP contribution in [0, 0.1) is 5.82 Å². The number of carbonyl (C=O) groups is 1. The number of unbranched alkanes of at least 4 members (excludes halogenated alkanes) is 1. The Labute approximate surface area is 115 Å². The lowest BCUT2D eigenvalue weighted by Crippen LogP contribution is -2.06. The molecule has 0 atom stereocenters. The second kappa shape index (κ2) is 6.90. The predicted octanol–water partition coefficient (Wildman–Crippen LogP) is 3.41. The summed E-state index contributed by atoms with van der Waals surface area (Å²) in [6.07, 6.45) is 1.34. The van der Waals surface area contributed by atoms with Crippen molar-refractivity contribution in [3.63, 3.8) is 0 Å². The second-order valence-electron chi connectivity index (χ2n) is 3.37. The normalized spacial score (nSPS) is 10.3. The first-order valence-corrected chi connectivity index (χ1v) is 6.56. The average molecular weight is 370 g/mol. The van der Waals surface area contributed by atoms with Crippen molar-refractivity contribution in [3.8, 4) is 0 Å². The number of aliphatic carboxylic acids is 1. The van der Waals surface area contributed by atoms with Gasteiger partial charge in [0, 0.05) is 13.0 Å². The zero-order valence-corrected chi connectivity index (χ0v) is 12.0. The number of nitrogens with zero attached hydrogens (tertiary/aromatic N) is 1. The van der Waals surface area contributed by atoms with E-state index in [1.54, 1.807) is 0 Å². The third-order valence-corrected chi connectivity index (χ3v) is 3.74.